The molecule has 2 heterocycles. The number of amides is 1. The van der Waals surface area contributed by atoms with E-state index in [4.69, 9.17) is 4.52 Å². The van der Waals surface area contributed by atoms with Gasteiger partial charge in [0, 0.05) is 38.6 Å². The number of carbonyl (C=O) groups excluding carboxylic acids is 1. The van der Waals surface area contributed by atoms with Crippen LogP contribution in [-0.4, -0.2) is 64.6 Å². The average molecular weight is 323 g/mol. The minimum Gasteiger partial charge on any atom is -0.353 e. The largest absolute Gasteiger partial charge is 0.353 e. The quantitative estimate of drug-likeness (QED) is 0.804. The summed E-state index contributed by atoms with van der Waals surface area (Å²) in [6, 6.07) is 0.196. The van der Waals surface area contributed by atoms with Crippen molar-refractivity contribution in [2.75, 3.05) is 32.7 Å². The van der Waals surface area contributed by atoms with E-state index in [0.29, 0.717) is 24.9 Å². The number of nitrogens with zero attached hydrogens (tertiary/aromatic N) is 4. The molecule has 1 aromatic heterocycles. The summed E-state index contributed by atoms with van der Waals surface area (Å²) in [7, 11) is 0. The number of aromatic nitrogens is 2. The first-order valence-electron chi connectivity index (χ1n) is 8.48. The summed E-state index contributed by atoms with van der Waals surface area (Å²) in [6.45, 7) is 13.0. The number of hydrogen-bond acceptors (Lipinski definition) is 6. The predicted molar refractivity (Wildman–Crippen MR) is 87.8 cm³/mol. The lowest BCUT2D eigenvalue weighted by atomic mass is 10.1. The smallest absolute Gasteiger partial charge is 0.240 e. The Balaban J connectivity index is 1.72. The highest BCUT2D eigenvalue weighted by Gasteiger charge is 2.21. The number of hydrogen-bond donors (Lipinski definition) is 1. The van der Waals surface area contributed by atoms with Gasteiger partial charge < -0.3 is 9.84 Å². The Hall–Kier alpha value is -1.47. The van der Waals surface area contributed by atoms with E-state index in [1.165, 1.54) is 0 Å². The minimum absolute atomic E-state index is 0.101. The Bertz CT molecular complexity index is 492. The van der Waals surface area contributed by atoms with Gasteiger partial charge in [0.15, 0.2) is 5.82 Å². The van der Waals surface area contributed by atoms with E-state index in [2.05, 4.69) is 39.1 Å². The highest BCUT2D eigenvalue weighted by molar-refractivity contribution is 5.78. The van der Waals surface area contributed by atoms with Crippen LogP contribution in [0.4, 0.5) is 0 Å². The van der Waals surface area contributed by atoms with E-state index in [9.17, 15) is 4.79 Å². The fourth-order valence-electron chi connectivity index (χ4n) is 2.67. The number of nitrogens with one attached hydrogen (secondary N) is 1. The van der Waals surface area contributed by atoms with Gasteiger partial charge >= 0.3 is 0 Å². The molecule has 0 aliphatic carbocycles. The number of carbonyl (C=O) groups is 1. The van der Waals surface area contributed by atoms with Crippen LogP contribution in [0.1, 0.15) is 39.4 Å². The molecule has 1 amide bonds. The first kappa shape index (κ1) is 17.9. The Labute approximate surface area is 138 Å². The lowest BCUT2D eigenvalue weighted by Crippen LogP contribution is -2.49. The van der Waals surface area contributed by atoms with Crippen LogP contribution >= 0.6 is 0 Å². The maximum atomic E-state index is 11.8. The standard InChI is InChI=1S/C16H29N5O2/c1-12(2)9-14-18-16(23-19-14)11-21-7-5-20(6-8-21)10-15(22)17-13(3)4/h12-13H,5-11H2,1-4H3,(H,17,22). The Morgan fingerprint density at radius 1 is 1.17 bits per heavy atom. The molecule has 1 N–H and O–H groups in total. The summed E-state index contributed by atoms with van der Waals surface area (Å²) in [5.74, 6) is 2.11. The van der Waals surface area contributed by atoms with Crippen molar-refractivity contribution >= 4 is 5.91 Å². The molecule has 130 valence electrons. The molecule has 0 atom stereocenters. The third-order valence-electron chi connectivity index (χ3n) is 3.74. The van der Waals surface area contributed by atoms with Gasteiger partial charge in [-0.3, -0.25) is 14.6 Å². The zero-order valence-corrected chi connectivity index (χ0v) is 14.7. The SMILES string of the molecule is CC(C)Cc1noc(CN2CCN(CC(=O)NC(C)C)CC2)n1. The van der Waals surface area contributed by atoms with Gasteiger partial charge in [-0.05, 0) is 19.8 Å². The molecule has 1 fully saturated rings. The molecule has 1 aliphatic rings. The first-order valence-corrected chi connectivity index (χ1v) is 8.48. The maximum absolute atomic E-state index is 11.8. The van der Waals surface area contributed by atoms with Gasteiger partial charge in [-0.25, -0.2) is 0 Å². The molecule has 0 saturated carbocycles. The van der Waals surface area contributed by atoms with E-state index in [-0.39, 0.29) is 11.9 Å². The van der Waals surface area contributed by atoms with Gasteiger partial charge in [0.2, 0.25) is 11.8 Å². The van der Waals surface area contributed by atoms with Crippen LogP contribution in [-0.2, 0) is 17.8 Å². The van der Waals surface area contributed by atoms with Gasteiger partial charge in [0.05, 0.1) is 13.1 Å². The van der Waals surface area contributed by atoms with Crippen molar-refractivity contribution in [2.24, 2.45) is 5.92 Å². The third kappa shape index (κ3) is 6.27. The van der Waals surface area contributed by atoms with E-state index in [1.54, 1.807) is 0 Å². The predicted octanol–water partition coefficient (Wildman–Crippen LogP) is 0.910. The summed E-state index contributed by atoms with van der Waals surface area (Å²) in [6.07, 6.45) is 0.849. The minimum atomic E-state index is 0.101. The van der Waals surface area contributed by atoms with Crippen LogP contribution in [0.15, 0.2) is 4.52 Å². The Kier molecular flexibility index (Phi) is 6.53. The topological polar surface area (TPSA) is 74.5 Å². The van der Waals surface area contributed by atoms with Gasteiger partial charge in [0.25, 0.3) is 0 Å². The average Bonchev–Trinajstić information content (AvgIpc) is 2.86. The second-order valence-corrected chi connectivity index (χ2v) is 6.98. The van der Waals surface area contributed by atoms with Crippen molar-refractivity contribution in [1.82, 2.24) is 25.3 Å². The zero-order chi connectivity index (χ0) is 16.8. The Morgan fingerprint density at radius 3 is 2.43 bits per heavy atom. The molecule has 2 rings (SSSR count). The summed E-state index contributed by atoms with van der Waals surface area (Å²) >= 11 is 0. The van der Waals surface area contributed by atoms with E-state index >= 15 is 0 Å². The van der Waals surface area contributed by atoms with Crippen LogP contribution in [0, 0.1) is 5.92 Å². The van der Waals surface area contributed by atoms with Gasteiger partial charge in [0.1, 0.15) is 0 Å². The molecule has 0 spiro atoms. The van der Waals surface area contributed by atoms with Crippen molar-refractivity contribution in [3.8, 4) is 0 Å². The fraction of sp³-hybridized carbons (Fsp3) is 0.812. The molecular weight excluding hydrogens is 294 g/mol. The molecule has 1 aliphatic heterocycles. The lowest BCUT2D eigenvalue weighted by Gasteiger charge is -2.33. The number of rotatable bonds is 7. The monoisotopic (exact) mass is 323 g/mol. The maximum Gasteiger partial charge on any atom is 0.240 e. The second-order valence-electron chi connectivity index (χ2n) is 6.98. The van der Waals surface area contributed by atoms with Crippen molar-refractivity contribution in [2.45, 2.75) is 46.7 Å². The molecule has 0 unspecified atom stereocenters. The summed E-state index contributed by atoms with van der Waals surface area (Å²) in [5, 5.41) is 6.96. The van der Waals surface area contributed by atoms with E-state index < -0.39 is 0 Å². The van der Waals surface area contributed by atoms with Crippen LogP contribution in [0.5, 0.6) is 0 Å². The van der Waals surface area contributed by atoms with Crippen molar-refractivity contribution in [1.29, 1.82) is 0 Å². The van der Waals surface area contributed by atoms with Gasteiger partial charge in [-0.1, -0.05) is 19.0 Å². The second kappa shape index (κ2) is 8.40. The molecule has 23 heavy (non-hydrogen) atoms. The van der Waals surface area contributed by atoms with Crippen LogP contribution in [0.2, 0.25) is 0 Å². The summed E-state index contributed by atoms with van der Waals surface area (Å²) < 4.78 is 5.32. The molecule has 1 aromatic rings. The van der Waals surface area contributed by atoms with Crippen LogP contribution in [0.25, 0.3) is 0 Å². The molecular formula is C16H29N5O2. The molecule has 0 aromatic carbocycles. The van der Waals surface area contributed by atoms with Gasteiger partial charge in [-0.2, -0.15) is 4.98 Å². The summed E-state index contributed by atoms with van der Waals surface area (Å²) in [5.41, 5.74) is 0. The lowest BCUT2D eigenvalue weighted by molar-refractivity contribution is -0.123. The highest BCUT2D eigenvalue weighted by Crippen LogP contribution is 2.09. The van der Waals surface area contributed by atoms with Crippen LogP contribution < -0.4 is 5.32 Å². The number of piperazine rings is 1. The fourth-order valence-corrected chi connectivity index (χ4v) is 2.67. The molecule has 7 heteroatoms. The van der Waals surface area contributed by atoms with Gasteiger partial charge in [-0.15, -0.1) is 0 Å². The normalized spacial score (nSPS) is 17.1. The molecule has 1 saturated heterocycles. The van der Waals surface area contributed by atoms with Crippen LogP contribution in [0.3, 0.4) is 0 Å². The molecule has 7 nitrogen and oxygen atoms in total. The summed E-state index contributed by atoms with van der Waals surface area (Å²) in [4.78, 5) is 20.7. The third-order valence-corrected chi connectivity index (χ3v) is 3.74. The van der Waals surface area contributed by atoms with Crippen molar-refractivity contribution < 1.29 is 9.32 Å². The molecule has 0 radical (unpaired) electrons. The zero-order valence-electron chi connectivity index (χ0n) is 14.7. The Morgan fingerprint density at radius 2 is 1.83 bits per heavy atom. The van der Waals surface area contributed by atoms with E-state index in [1.807, 2.05) is 13.8 Å². The van der Waals surface area contributed by atoms with Crippen molar-refractivity contribution in [3.63, 3.8) is 0 Å². The van der Waals surface area contributed by atoms with E-state index in [0.717, 1.165) is 38.4 Å². The molecule has 0 bridgehead atoms. The highest BCUT2D eigenvalue weighted by atomic mass is 16.5. The van der Waals surface area contributed by atoms with Crippen molar-refractivity contribution in [3.05, 3.63) is 11.7 Å². The first-order chi connectivity index (χ1) is 10.9.